The van der Waals surface area contributed by atoms with Crippen LogP contribution in [0.5, 0.6) is 0 Å². The molecule has 2 aromatic rings. The van der Waals surface area contributed by atoms with E-state index in [0.29, 0.717) is 17.8 Å². The molecule has 1 heterocycles. The van der Waals surface area contributed by atoms with Crippen molar-refractivity contribution in [2.24, 2.45) is 17.8 Å². The maximum Gasteiger partial charge on any atom is 0.269 e. The van der Waals surface area contributed by atoms with Crippen LogP contribution in [0.4, 0.5) is 5.69 Å². The van der Waals surface area contributed by atoms with Crippen molar-refractivity contribution >= 4 is 11.6 Å². The monoisotopic (exact) mass is 450 g/mol. The lowest BCUT2D eigenvalue weighted by molar-refractivity contribution is -0.384. The Hall–Kier alpha value is -2.73. The van der Waals surface area contributed by atoms with Gasteiger partial charge in [-0.05, 0) is 48.6 Å². The fourth-order valence-electron chi connectivity index (χ4n) is 5.53. The van der Waals surface area contributed by atoms with E-state index in [9.17, 15) is 14.9 Å². The fourth-order valence-corrected chi connectivity index (χ4v) is 5.53. The molecule has 0 bridgehead atoms. The third kappa shape index (κ3) is 4.67. The van der Waals surface area contributed by atoms with Crippen molar-refractivity contribution in [1.82, 2.24) is 4.90 Å². The highest BCUT2D eigenvalue weighted by Crippen LogP contribution is 2.46. The molecule has 2 fully saturated rings. The average Bonchev–Trinajstić information content (AvgIpc) is 2.81. The minimum atomic E-state index is -0.561. The van der Waals surface area contributed by atoms with Gasteiger partial charge in [-0.2, -0.15) is 0 Å². The summed E-state index contributed by atoms with van der Waals surface area (Å²) in [5, 5.41) is 11.1. The molecular weight excluding hydrogens is 416 g/mol. The molecule has 6 nitrogen and oxygen atoms in total. The van der Waals surface area contributed by atoms with Crippen molar-refractivity contribution in [3.63, 3.8) is 0 Å². The van der Waals surface area contributed by atoms with Gasteiger partial charge in [-0.3, -0.25) is 14.9 Å². The zero-order chi connectivity index (χ0) is 23.7. The fraction of sp³-hybridized carbons (Fsp3) is 0.519. The molecule has 1 aliphatic heterocycles. The Balaban J connectivity index is 1.63. The van der Waals surface area contributed by atoms with E-state index in [1.165, 1.54) is 18.6 Å². The first-order valence-corrected chi connectivity index (χ1v) is 12.0. The number of ether oxygens (including phenoxy) is 1. The standard InChI is InChI=1S/C27H34N2O4/c1-17(2)23-15-10-18(3)16-24(23)33-26-25(21-11-13-22(14-12-21)29(31)32)28(27(26)30)19(4)20-8-6-5-7-9-20/h5-9,11-14,17-19,23-26H,10,15-16H2,1-4H3/t18-,19+,23+,24-,25-,26+/m1/s1. The van der Waals surface area contributed by atoms with Gasteiger partial charge in [0, 0.05) is 12.1 Å². The quantitative estimate of drug-likeness (QED) is 0.291. The van der Waals surface area contributed by atoms with E-state index in [2.05, 4.69) is 20.8 Å². The molecular formula is C27H34N2O4. The van der Waals surface area contributed by atoms with Crippen LogP contribution in [0.2, 0.25) is 0 Å². The van der Waals surface area contributed by atoms with Gasteiger partial charge in [-0.25, -0.2) is 0 Å². The second kappa shape index (κ2) is 9.64. The number of amides is 1. The predicted octanol–water partition coefficient (Wildman–Crippen LogP) is 6.09. The summed E-state index contributed by atoms with van der Waals surface area (Å²) >= 11 is 0. The average molecular weight is 451 g/mol. The molecule has 0 N–H and O–H groups in total. The lowest BCUT2D eigenvalue weighted by atomic mass is 9.75. The van der Waals surface area contributed by atoms with Gasteiger partial charge in [0.1, 0.15) is 0 Å². The molecule has 0 unspecified atom stereocenters. The number of nitro benzene ring substituents is 1. The van der Waals surface area contributed by atoms with Crippen LogP contribution in [0.25, 0.3) is 0 Å². The Morgan fingerprint density at radius 3 is 2.30 bits per heavy atom. The molecule has 1 saturated carbocycles. The molecule has 176 valence electrons. The van der Waals surface area contributed by atoms with Crippen molar-refractivity contribution in [2.45, 2.75) is 71.2 Å². The largest absolute Gasteiger partial charge is 0.362 e. The number of carbonyl (C=O) groups excluding carboxylic acids is 1. The highest BCUT2D eigenvalue weighted by Gasteiger charge is 2.53. The zero-order valence-electron chi connectivity index (χ0n) is 19.9. The Morgan fingerprint density at radius 1 is 1.03 bits per heavy atom. The van der Waals surface area contributed by atoms with Gasteiger partial charge in [0.15, 0.2) is 6.10 Å². The van der Waals surface area contributed by atoms with Crippen LogP contribution < -0.4 is 0 Å². The molecule has 1 saturated heterocycles. The van der Waals surface area contributed by atoms with Gasteiger partial charge in [-0.1, -0.05) is 69.7 Å². The van der Waals surface area contributed by atoms with Crippen LogP contribution in [0.15, 0.2) is 54.6 Å². The molecule has 0 spiro atoms. The van der Waals surface area contributed by atoms with E-state index in [-0.39, 0.29) is 29.8 Å². The minimum absolute atomic E-state index is 0.00422. The van der Waals surface area contributed by atoms with E-state index in [0.717, 1.165) is 24.0 Å². The van der Waals surface area contributed by atoms with Gasteiger partial charge in [0.2, 0.25) is 0 Å². The topological polar surface area (TPSA) is 72.7 Å². The summed E-state index contributed by atoms with van der Waals surface area (Å²) in [6, 6.07) is 16.1. The first kappa shape index (κ1) is 23.4. The summed E-state index contributed by atoms with van der Waals surface area (Å²) in [5.41, 5.74) is 1.98. The summed E-state index contributed by atoms with van der Waals surface area (Å²) in [6.45, 7) is 8.75. The summed E-state index contributed by atoms with van der Waals surface area (Å²) < 4.78 is 6.62. The molecule has 2 aromatic carbocycles. The van der Waals surface area contributed by atoms with Crippen molar-refractivity contribution in [1.29, 1.82) is 0 Å². The molecule has 33 heavy (non-hydrogen) atoms. The second-order valence-corrected chi connectivity index (χ2v) is 10.0. The summed E-state index contributed by atoms with van der Waals surface area (Å²) in [5.74, 6) is 1.51. The van der Waals surface area contributed by atoms with E-state index in [4.69, 9.17) is 4.74 Å². The third-order valence-electron chi connectivity index (χ3n) is 7.51. The van der Waals surface area contributed by atoms with E-state index < -0.39 is 11.0 Å². The normalized spacial score (nSPS) is 28.5. The van der Waals surface area contributed by atoms with Crippen LogP contribution in [0.1, 0.15) is 70.2 Å². The number of carbonyl (C=O) groups is 1. The molecule has 6 heteroatoms. The highest BCUT2D eigenvalue weighted by atomic mass is 16.6. The van der Waals surface area contributed by atoms with Crippen LogP contribution >= 0.6 is 0 Å². The maximum absolute atomic E-state index is 13.5. The van der Waals surface area contributed by atoms with Gasteiger partial charge in [-0.15, -0.1) is 0 Å². The number of hydrogen-bond donors (Lipinski definition) is 0. The lowest BCUT2D eigenvalue weighted by Gasteiger charge is -2.52. The molecule has 1 aliphatic carbocycles. The Kier molecular flexibility index (Phi) is 6.84. The van der Waals surface area contributed by atoms with Crippen molar-refractivity contribution in [2.75, 3.05) is 0 Å². The number of nitro groups is 1. The SMILES string of the molecule is CC(C)[C@@H]1CC[C@@H](C)C[C@H]1O[C@@H]1C(=O)N([C@@H](C)c2ccccc2)[C@@H]1c1ccc([N+](=O)[O-])cc1. The van der Waals surface area contributed by atoms with E-state index in [1.807, 2.05) is 42.2 Å². The predicted molar refractivity (Wildman–Crippen MR) is 128 cm³/mol. The number of hydrogen-bond acceptors (Lipinski definition) is 4. The second-order valence-electron chi connectivity index (χ2n) is 10.0. The molecule has 0 radical (unpaired) electrons. The van der Waals surface area contributed by atoms with Crippen molar-refractivity contribution < 1.29 is 14.5 Å². The van der Waals surface area contributed by atoms with Crippen LogP contribution in [-0.2, 0) is 9.53 Å². The van der Waals surface area contributed by atoms with Gasteiger partial charge in [0.05, 0.1) is 23.1 Å². The molecule has 2 aliphatic rings. The molecule has 0 aromatic heterocycles. The van der Waals surface area contributed by atoms with E-state index in [1.54, 1.807) is 12.1 Å². The molecule has 6 atom stereocenters. The maximum atomic E-state index is 13.5. The van der Waals surface area contributed by atoms with Crippen molar-refractivity contribution in [3.8, 4) is 0 Å². The molecule has 1 amide bonds. The Labute approximate surface area is 196 Å². The van der Waals surface area contributed by atoms with Gasteiger partial charge >= 0.3 is 0 Å². The smallest absolute Gasteiger partial charge is 0.269 e. The van der Waals surface area contributed by atoms with Gasteiger partial charge in [0.25, 0.3) is 11.6 Å². The van der Waals surface area contributed by atoms with E-state index >= 15 is 0 Å². The van der Waals surface area contributed by atoms with Crippen LogP contribution in [-0.4, -0.2) is 27.9 Å². The van der Waals surface area contributed by atoms with Crippen LogP contribution in [0, 0.1) is 27.9 Å². The van der Waals surface area contributed by atoms with Crippen molar-refractivity contribution in [3.05, 3.63) is 75.8 Å². The zero-order valence-corrected chi connectivity index (χ0v) is 19.9. The Morgan fingerprint density at radius 2 is 1.70 bits per heavy atom. The molecule has 4 rings (SSSR count). The number of benzene rings is 2. The number of β-lactam (4-membered cyclic amide) rings is 1. The number of likely N-dealkylation sites (tertiary alicyclic amines) is 1. The summed E-state index contributed by atoms with van der Waals surface area (Å²) in [6.07, 6.45) is 2.78. The number of non-ortho nitro benzene ring substituents is 1. The number of nitrogens with zero attached hydrogens (tertiary/aromatic N) is 2. The first-order chi connectivity index (χ1) is 15.8. The summed E-state index contributed by atoms with van der Waals surface area (Å²) in [7, 11) is 0. The highest BCUT2D eigenvalue weighted by molar-refractivity contribution is 5.89. The minimum Gasteiger partial charge on any atom is -0.362 e. The lowest BCUT2D eigenvalue weighted by Crippen LogP contribution is -2.61. The third-order valence-corrected chi connectivity index (χ3v) is 7.51. The Bertz CT molecular complexity index is 975. The van der Waals surface area contributed by atoms with Crippen LogP contribution in [0.3, 0.4) is 0 Å². The summed E-state index contributed by atoms with van der Waals surface area (Å²) in [4.78, 5) is 26.1. The number of rotatable bonds is 7. The first-order valence-electron chi connectivity index (χ1n) is 12.0. The van der Waals surface area contributed by atoms with Gasteiger partial charge < -0.3 is 9.64 Å².